The van der Waals surface area contributed by atoms with Crippen LogP contribution in [0.15, 0.2) is 0 Å². The SMILES string of the molecule is CCCC(NC(=O)[C@@H]1C[C@@H](OC(C)(C)C)CN1C(=O)[C@@H](NC(=O)OCC(C)C)C(C)(C)C)C(=O)C(=O)NCC(=O)O. The van der Waals surface area contributed by atoms with Crippen LogP contribution in [0.5, 0.6) is 0 Å². The largest absolute Gasteiger partial charge is 0.480 e. The highest BCUT2D eigenvalue weighted by Crippen LogP contribution is 2.29. The van der Waals surface area contributed by atoms with Gasteiger partial charge in [-0.05, 0) is 38.5 Å². The van der Waals surface area contributed by atoms with Gasteiger partial charge < -0.3 is 35.4 Å². The molecule has 4 N–H and O–H groups in total. The average Bonchev–Trinajstić information content (AvgIpc) is 3.24. The number of hydrogen-bond acceptors (Lipinski definition) is 8. The summed E-state index contributed by atoms with van der Waals surface area (Å²) < 4.78 is 11.3. The lowest BCUT2D eigenvalue weighted by Gasteiger charge is -2.35. The number of hydrogen-bond donors (Lipinski definition) is 4. The van der Waals surface area contributed by atoms with Crippen molar-refractivity contribution in [3.8, 4) is 0 Å². The van der Waals surface area contributed by atoms with Crippen LogP contribution >= 0.6 is 0 Å². The second-order valence-electron chi connectivity index (χ2n) is 12.8. The van der Waals surface area contributed by atoms with Crippen molar-refractivity contribution in [1.29, 1.82) is 0 Å². The second kappa shape index (κ2) is 15.1. The van der Waals surface area contributed by atoms with Crippen LogP contribution in [0, 0.1) is 11.3 Å². The molecule has 0 aromatic heterocycles. The van der Waals surface area contributed by atoms with E-state index in [0.29, 0.717) is 6.42 Å². The van der Waals surface area contributed by atoms with Crippen molar-refractivity contribution in [2.45, 2.75) is 111 Å². The first-order valence-corrected chi connectivity index (χ1v) is 14.0. The van der Waals surface area contributed by atoms with Crippen molar-refractivity contribution in [2.75, 3.05) is 19.7 Å². The summed E-state index contributed by atoms with van der Waals surface area (Å²) in [6.45, 7) is 15.9. The molecule has 0 bridgehead atoms. The van der Waals surface area contributed by atoms with E-state index < -0.39 is 77.4 Å². The summed E-state index contributed by atoms with van der Waals surface area (Å²) in [4.78, 5) is 77.1. The Morgan fingerprint density at radius 1 is 1.00 bits per heavy atom. The Morgan fingerprint density at radius 2 is 1.61 bits per heavy atom. The lowest BCUT2D eigenvalue weighted by Crippen LogP contribution is -2.59. The number of carbonyl (C=O) groups is 6. The lowest BCUT2D eigenvalue weighted by atomic mass is 9.85. The summed E-state index contributed by atoms with van der Waals surface area (Å²) in [7, 11) is 0. The van der Waals surface area contributed by atoms with Crippen LogP contribution in [0.1, 0.15) is 81.6 Å². The highest BCUT2D eigenvalue weighted by molar-refractivity contribution is 6.38. The molecule has 0 saturated carbocycles. The van der Waals surface area contributed by atoms with E-state index in [1.54, 1.807) is 27.7 Å². The predicted molar refractivity (Wildman–Crippen MR) is 150 cm³/mol. The van der Waals surface area contributed by atoms with Crippen LogP contribution < -0.4 is 16.0 Å². The molecule has 4 amide bonds. The molecule has 234 valence electrons. The minimum Gasteiger partial charge on any atom is -0.480 e. The first-order valence-electron chi connectivity index (χ1n) is 14.0. The number of ketones is 1. The molecular weight excluding hydrogens is 536 g/mol. The zero-order chi connectivity index (χ0) is 31.7. The number of likely N-dealkylation sites (tertiary alicyclic amines) is 1. The third-order valence-electron chi connectivity index (χ3n) is 6.13. The van der Waals surface area contributed by atoms with Gasteiger partial charge in [0.15, 0.2) is 0 Å². The number of carboxylic acid groups (broad SMARTS) is 1. The summed E-state index contributed by atoms with van der Waals surface area (Å²) in [5.74, 6) is -4.51. The molecule has 1 aliphatic heterocycles. The van der Waals surface area contributed by atoms with Crippen LogP contribution in [0.25, 0.3) is 0 Å². The van der Waals surface area contributed by atoms with Gasteiger partial charge in [-0.15, -0.1) is 0 Å². The third-order valence-corrected chi connectivity index (χ3v) is 6.13. The number of rotatable bonds is 13. The Balaban J connectivity index is 3.27. The Labute approximate surface area is 242 Å². The average molecular weight is 585 g/mol. The van der Waals surface area contributed by atoms with Crippen LogP contribution in [-0.2, 0) is 33.4 Å². The molecule has 0 spiro atoms. The minimum atomic E-state index is -1.32. The minimum absolute atomic E-state index is 0.0645. The van der Waals surface area contributed by atoms with Gasteiger partial charge in [-0.1, -0.05) is 48.0 Å². The molecule has 1 aliphatic rings. The van der Waals surface area contributed by atoms with Crippen LogP contribution in [0.2, 0.25) is 0 Å². The third kappa shape index (κ3) is 12.0. The van der Waals surface area contributed by atoms with Crippen LogP contribution in [-0.4, -0.2) is 95.1 Å². The van der Waals surface area contributed by atoms with Gasteiger partial charge in [0.25, 0.3) is 5.91 Å². The van der Waals surface area contributed by atoms with Gasteiger partial charge in [0.05, 0.1) is 24.4 Å². The molecule has 1 rings (SSSR count). The molecular formula is C28H48N4O9. The van der Waals surface area contributed by atoms with Crippen molar-refractivity contribution < 1.29 is 43.3 Å². The number of alkyl carbamates (subject to hydrolysis) is 1. The van der Waals surface area contributed by atoms with E-state index in [-0.39, 0.29) is 31.9 Å². The first kappa shape index (κ1) is 35.8. The Hall–Kier alpha value is -3.22. The van der Waals surface area contributed by atoms with Gasteiger partial charge in [-0.2, -0.15) is 0 Å². The number of carbonyl (C=O) groups excluding carboxylic acids is 5. The van der Waals surface area contributed by atoms with Crippen LogP contribution in [0.4, 0.5) is 4.79 Å². The Morgan fingerprint density at radius 3 is 2.10 bits per heavy atom. The molecule has 4 atom stereocenters. The molecule has 13 heteroatoms. The monoisotopic (exact) mass is 584 g/mol. The van der Waals surface area contributed by atoms with Crippen molar-refractivity contribution >= 4 is 35.6 Å². The maximum absolute atomic E-state index is 13.9. The van der Waals surface area contributed by atoms with Gasteiger partial charge in [0, 0.05) is 13.0 Å². The fraction of sp³-hybridized carbons (Fsp3) is 0.786. The van der Waals surface area contributed by atoms with E-state index in [0.717, 1.165) is 0 Å². The van der Waals surface area contributed by atoms with Crippen molar-refractivity contribution in [3.05, 3.63) is 0 Å². The topological polar surface area (TPSA) is 180 Å². The maximum Gasteiger partial charge on any atom is 0.407 e. The zero-order valence-electron chi connectivity index (χ0n) is 25.8. The fourth-order valence-electron chi connectivity index (χ4n) is 4.32. The standard InChI is InChI=1S/C28H48N4O9/c1-10-11-18(21(35)24(37)29-13-20(33)34)30-23(36)19-12-17(41-28(7,8)9)14-32(19)25(38)22(27(4,5)6)31-26(39)40-15-16(2)3/h16-19,22H,10-15H2,1-9H3,(H,29,37)(H,30,36)(H,31,39)(H,33,34)/t17-,18?,19+,22-/m1/s1. The molecule has 1 heterocycles. The normalized spacial score (nSPS) is 18.8. The number of ether oxygens (including phenoxy) is 2. The molecule has 41 heavy (non-hydrogen) atoms. The van der Waals surface area contributed by atoms with Crippen molar-refractivity contribution in [1.82, 2.24) is 20.9 Å². The molecule has 1 unspecified atom stereocenters. The predicted octanol–water partition coefficient (Wildman–Crippen LogP) is 1.62. The first-order chi connectivity index (χ1) is 18.8. The van der Waals surface area contributed by atoms with Crippen molar-refractivity contribution in [2.24, 2.45) is 11.3 Å². The van der Waals surface area contributed by atoms with E-state index in [2.05, 4.69) is 10.6 Å². The van der Waals surface area contributed by atoms with Gasteiger partial charge in [-0.3, -0.25) is 24.0 Å². The lowest BCUT2D eigenvalue weighted by molar-refractivity contribution is -0.144. The van der Waals surface area contributed by atoms with Gasteiger partial charge in [-0.25, -0.2) is 4.79 Å². The molecule has 0 aliphatic carbocycles. The maximum atomic E-state index is 13.9. The molecule has 0 radical (unpaired) electrons. The summed E-state index contributed by atoms with van der Waals surface area (Å²) in [5, 5.41) is 16.0. The number of amides is 4. The van der Waals surface area contributed by atoms with Crippen molar-refractivity contribution in [3.63, 3.8) is 0 Å². The van der Waals surface area contributed by atoms with Gasteiger partial charge in [0.1, 0.15) is 18.6 Å². The number of Topliss-reactive ketones (excluding diaryl/α,β-unsaturated/α-hetero) is 1. The van der Waals surface area contributed by atoms with E-state index in [1.807, 2.05) is 39.9 Å². The van der Waals surface area contributed by atoms with E-state index in [9.17, 15) is 28.8 Å². The Kier molecular flexibility index (Phi) is 13.2. The molecule has 0 aromatic rings. The highest BCUT2D eigenvalue weighted by atomic mass is 16.5. The second-order valence-corrected chi connectivity index (χ2v) is 12.8. The number of nitrogens with zero attached hydrogens (tertiary/aromatic N) is 1. The van der Waals surface area contributed by atoms with Crippen LogP contribution in [0.3, 0.4) is 0 Å². The number of carboxylic acids is 1. The quantitative estimate of drug-likeness (QED) is 0.234. The summed E-state index contributed by atoms with van der Waals surface area (Å²) in [6.07, 6.45) is -0.568. The summed E-state index contributed by atoms with van der Waals surface area (Å²) in [6, 6.07) is -3.31. The fourth-order valence-corrected chi connectivity index (χ4v) is 4.32. The highest BCUT2D eigenvalue weighted by Gasteiger charge is 2.46. The van der Waals surface area contributed by atoms with Gasteiger partial charge in [0.2, 0.25) is 17.6 Å². The zero-order valence-corrected chi connectivity index (χ0v) is 25.8. The summed E-state index contributed by atoms with van der Waals surface area (Å²) >= 11 is 0. The number of nitrogens with one attached hydrogen (secondary N) is 3. The number of aliphatic carboxylic acids is 1. The smallest absolute Gasteiger partial charge is 0.407 e. The summed E-state index contributed by atoms with van der Waals surface area (Å²) in [5.41, 5.74) is -1.32. The molecule has 13 nitrogen and oxygen atoms in total. The molecule has 1 saturated heterocycles. The van der Waals surface area contributed by atoms with E-state index in [4.69, 9.17) is 14.6 Å². The van der Waals surface area contributed by atoms with Gasteiger partial charge >= 0.3 is 12.1 Å². The van der Waals surface area contributed by atoms with E-state index >= 15 is 0 Å². The molecule has 1 fully saturated rings. The van der Waals surface area contributed by atoms with E-state index in [1.165, 1.54) is 4.90 Å². The Bertz CT molecular complexity index is 969. The molecule has 0 aromatic carbocycles.